The second kappa shape index (κ2) is 12.8. The van der Waals surface area contributed by atoms with Crippen LogP contribution in [0.3, 0.4) is 0 Å². The second-order valence-corrected chi connectivity index (χ2v) is 9.97. The lowest BCUT2D eigenvalue weighted by Gasteiger charge is -2.12. The maximum absolute atomic E-state index is 13.7. The zero-order valence-electron chi connectivity index (χ0n) is 24.8. The standard InChI is InChI=1S/C33H24FN5O8/c1-44-26-11-6-12-27-23(26)16-29(47-27)32-37-24-10-4-3-9-22(24)33(41)38(32)35-17-19-13-25(39(42)43)31(28(14-19)45-2)46-18-30(40)36-21-8-5-7-20(34)15-21/h3-17H,18H2,1-2H3,(H,36,40). The van der Waals surface area contributed by atoms with E-state index in [0.29, 0.717) is 22.2 Å². The fraction of sp³-hybridized carbons (Fsp3) is 0.0909. The summed E-state index contributed by atoms with van der Waals surface area (Å²) in [5, 5.41) is 19.8. The molecule has 0 aliphatic carbocycles. The number of anilines is 1. The summed E-state index contributed by atoms with van der Waals surface area (Å²) in [6, 6.07) is 21.4. The number of furan rings is 1. The summed E-state index contributed by atoms with van der Waals surface area (Å²) in [7, 11) is 2.80. The fourth-order valence-electron chi connectivity index (χ4n) is 4.85. The largest absolute Gasteiger partial charge is 0.496 e. The molecule has 1 amide bonds. The molecule has 2 heterocycles. The molecule has 0 radical (unpaired) electrons. The van der Waals surface area contributed by atoms with Crippen LogP contribution in [0.25, 0.3) is 33.5 Å². The molecular formula is C33H24FN5O8. The lowest BCUT2D eigenvalue weighted by molar-refractivity contribution is -0.385. The lowest BCUT2D eigenvalue weighted by Crippen LogP contribution is -2.21. The number of rotatable bonds is 10. The number of ether oxygens (including phenoxy) is 3. The Morgan fingerprint density at radius 1 is 1.02 bits per heavy atom. The Balaban J connectivity index is 1.37. The van der Waals surface area contributed by atoms with Crippen molar-refractivity contribution in [2.75, 3.05) is 26.1 Å². The number of nitro benzene ring substituents is 1. The van der Waals surface area contributed by atoms with E-state index in [-0.39, 0.29) is 39.7 Å². The molecule has 0 atom stereocenters. The van der Waals surface area contributed by atoms with E-state index in [1.54, 1.807) is 48.5 Å². The molecule has 0 unspecified atom stereocenters. The minimum Gasteiger partial charge on any atom is -0.496 e. The molecule has 0 aliphatic rings. The van der Waals surface area contributed by atoms with Gasteiger partial charge < -0.3 is 23.9 Å². The van der Waals surface area contributed by atoms with Crippen molar-refractivity contribution >= 4 is 45.4 Å². The number of nitro groups is 1. The van der Waals surface area contributed by atoms with E-state index in [2.05, 4.69) is 15.4 Å². The number of aromatic nitrogens is 2. The van der Waals surface area contributed by atoms with Gasteiger partial charge >= 0.3 is 5.69 Å². The molecule has 1 N–H and O–H groups in total. The number of para-hydroxylation sites is 1. The average Bonchev–Trinajstić information content (AvgIpc) is 3.51. The van der Waals surface area contributed by atoms with Gasteiger partial charge in [0.15, 0.2) is 18.1 Å². The molecule has 0 fully saturated rings. The molecule has 14 heteroatoms. The number of benzene rings is 4. The highest BCUT2D eigenvalue weighted by atomic mass is 19.1. The zero-order chi connectivity index (χ0) is 33.1. The first kappa shape index (κ1) is 30.5. The summed E-state index contributed by atoms with van der Waals surface area (Å²) in [6.45, 7) is -0.634. The van der Waals surface area contributed by atoms with E-state index in [0.717, 1.165) is 16.8 Å². The molecule has 0 aliphatic heterocycles. The van der Waals surface area contributed by atoms with Gasteiger partial charge in [0.2, 0.25) is 11.6 Å². The van der Waals surface area contributed by atoms with Crippen molar-refractivity contribution in [2.45, 2.75) is 0 Å². The summed E-state index contributed by atoms with van der Waals surface area (Å²) >= 11 is 0. The highest BCUT2D eigenvalue weighted by Gasteiger charge is 2.24. The number of nitrogens with zero attached hydrogens (tertiary/aromatic N) is 4. The summed E-state index contributed by atoms with van der Waals surface area (Å²) in [4.78, 5) is 42.1. The van der Waals surface area contributed by atoms with Crippen LogP contribution in [0, 0.1) is 15.9 Å². The summed E-state index contributed by atoms with van der Waals surface area (Å²) in [5.74, 6) is -0.758. The third kappa shape index (κ3) is 6.20. The number of amides is 1. The second-order valence-electron chi connectivity index (χ2n) is 9.97. The maximum Gasteiger partial charge on any atom is 0.315 e. The van der Waals surface area contributed by atoms with Crippen LogP contribution in [0.4, 0.5) is 15.8 Å². The quantitative estimate of drug-likeness (QED) is 0.112. The maximum atomic E-state index is 13.7. The van der Waals surface area contributed by atoms with Gasteiger partial charge in [-0.05, 0) is 54.6 Å². The number of fused-ring (bicyclic) bond motifs is 2. The molecule has 236 valence electrons. The van der Waals surface area contributed by atoms with Crippen LogP contribution >= 0.6 is 0 Å². The molecule has 0 saturated carbocycles. The number of nitrogens with one attached hydrogen (secondary N) is 1. The smallest absolute Gasteiger partial charge is 0.315 e. The van der Waals surface area contributed by atoms with Crippen molar-refractivity contribution in [3.05, 3.63) is 117 Å². The van der Waals surface area contributed by atoms with Crippen molar-refractivity contribution < 1.29 is 32.7 Å². The molecular weight excluding hydrogens is 613 g/mol. The van der Waals surface area contributed by atoms with E-state index < -0.39 is 34.5 Å². The van der Waals surface area contributed by atoms with E-state index >= 15 is 0 Å². The molecule has 0 spiro atoms. The van der Waals surface area contributed by atoms with Crippen LogP contribution < -0.4 is 25.1 Å². The lowest BCUT2D eigenvalue weighted by atomic mass is 10.2. The number of carbonyl (C=O) groups is 1. The Bertz CT molecular complexity index is 2260. The van der Waals surface area contributed by atoms with Crippen molar-refractivity contribution in [1.82, 2.24) is 9.66 Å². The molecule has 4 aromatic carbocycles. The van der Waals surface area contributed by atoms with Gasteiger partial charge in [-0.3, -0.25) is 19.7 Å². The Morgan fingerprint density at radius 3 is 2.57 bits per heavy atom. The van der Waals surface area contributed by atoms with Gasteiger partial charge in [0.1, 0.15) is 17.1 Å². The summed E-state index contributed by atoms with van der Waals surface area (Å²) < 4.78 is 36.8. The van der Waals surface area contributed by atoms with E-state index in [4.69, 9.17) is 18.6 Å². The fourth-order valence-corrected chi connectivity index (χ4v) is 4.85. The van der Waals surface area contributed by atoms with Gasteiger partial charge in [-0.1, -0.05) is 24.3 Å². The monoisotopic (exact) mass is 637 g/mol. The Kier molecular flexibility index (Phi) is 8.30. The molecule has 6 aromatic rings. The Labute approximate surface area is 264 Å². The number of carbonyl (C=O) groups excluding carboxylic acids is 1. The first-order valence-electron chi connectivity index (χ1n) is 13.9. The Hall–Kier alpha value is -6.57. The van der Waals surface area contributed by atoms with Gasteiger partial charge in [-0.2, -0.15) is 9.78 Å². The molecule has 47 heavy (non-hydrogen) atoms. The highest BCUT2D eigenvalue weighted by Crippen LogP contribution is 2.38. The van der Waals surface area contributed by atoms with E-state index in [1.807, 2.05) is 0 Å². The number of hydrogen-bond acceptors (Lipinski definition) is 10. The zero-order valence-corrected chi connectivity index (χ0v) is 24.8. The highest BCUT2D eigenvalue weighted by molar-refractivity contribution is 5.92. The summed E-state index contributed by atoms with van der Waals surface area (Å²) in [6.07, 6.45) is 1.22. The number of halogens is 1. The summed E-state index contributed by atoms with van der Waals surface area (Å²) in [5.41, 5.74) is 0.219. The first-order valence-corrected chi connectivity index (χ1v) is 13.9. The van der Waals surface area contributed by atoms with Gasteiger partial charge in [0, 0.05) is 17.3 Å². The average molecular weight is 638 g/mol. The predicted octanol–water partition coefficient (Wildman–Crippen LogP) is 5.77. The van der Waals surface area contributed by atoms with Crippen LogP contribution in [0.2, 0.25) is 0 Å². The topological polar surface area (TPSA) is 160 Å². The third-order valence-corrected chi connectivity index (χ3v) is 6.97. The molecule has 13 nitrogen and oxygen atoms in total. The first-order chi connectivity index (χ1) is 22.7. The van der Waals surface area contributed by atoms with Crippen molar-refractivity contribution in [1.29, 1.82) is 0 Å². The predicted molar refractivity (Wildman–Crippen MR) is 171 cm³/mol. The minimum atomic E-state index is -0.712. The van der Waals surface area contributed by atoms with Crippen LogP contribution in [0.15, 0.2) is 99.2 Å². The van der Waals surface area contributed by atoms with Crippen molar-refractivity contribution in [2.24, 2.45) is 5.10 Å². The van der Waals surface area contributed by atoms with E-state index in [1.165, 1.54) is 44.7 Å². The number of hydrogen-bond donors (Lipinski definition) is 1. The van der Waals surface area contributed by atoms with Crippen molar-refractivity contribution in [3.63, 3.8) is 0 Å². The SMILES string of the molecule is COc1cc(C=Nn2c(-c3cc4c(OC)cccc4o3)nc3ccccc3c2=O)cc([N+](=O)[O-])c1OCC(=O)Nc1cccc(F)c1. The van der Waals surface area contributed by atoms with E-state index in [9.17, 15) is 24.1 Å². The molecule has 6 rings (SSSR count). The molecule has 0 saturated heterocycles. The van der Waals surface area contributed by atoms with Crippen molar-refractivity contribution in [3.8, 4) is 28.8 Å². The molecule has 2 aromatic heterocycles. The van der Waals surface area contributed by atoms with Gasteiger partial charge in [-0.15, -0.1) is 0 Å². The number of methoxy groups -OCH3 is 2. The van der Waals surface area contributed by atoms with Gasteiger partial charge in [0.25, 0.3) is 11.5 Å². The van der Waals surface area contributed by atoms with Crippen LogP contribution in [0.5, 0.6) is 17.2 Å². The normalized spacial score (nSPS) is 11.2. The molecule has 0 bridgehead atoms. The van der Waals surface area contributed by atoms with Gasteiger partial charge in [0.05, 0.1) is 41.6 Å². The van der Waals surface area contributed by atoms with Crippen LogP contribution in [0.1, 0.15) is 5.56 Å². The Morgan fingerprint density at radius 2 is 1.81 bits per heavy atom. The van der Waals surface area contributed by atoms with Gasteiger partial charge in [-0.25, -0.2) is 9.37 Å². The van der Waals surface area contributed by atoms with Crippen LogP contribution in [-0.2, 0) is 4.79 Å². The minimum absolute atomic E-state index is 0.0761. The third-order valence-electron chi connectivity index (χ3n) is 6.97. The van der Waals surface area contributed by atoms with Crippen LogP contribution in [-0.4, -0.2) is 47.5 Å².